The van der Waals surface area contributed by atoms with Crippen LogP contribution in [0, 0.1) is 11.9 Å². The molecule has 20 heavy (non-hydrogen) atoms. The highest BCUT2D eigenvalue weighted by molar-refractivity contribution is 6.05. The molecule has 106 valence electrons. The maximum atomic E-state index is 13.2. The van der Waals surface area contributed by atoms with E-state index >= 15 is 0 Å². The van der Waals surface area contributed by atoms with Crippen LogP contribution in [-0.4, -0.2) is 33.6 Å². The summed E-state index contributed by atoms with van der Waals surface area (Å²) in [5.74, 6) is -0.122. The molecule has 0 spiro atoms. The second-order valence-electron chi connectivity index (χ2n) is 5.30. The number of carbonyl (C=O) groups excluding carboxylic acids is 1. The largest absolute Gasteiger partial charge is 0.317 e. The third-order valence-corrected chi connectivity index (χ3v) is 3.85. The lowest BCUT2D eigenvalue weighted by Crippen LogP contribution is -2.29. The number of nitrogens with zero attached hydrogens (tertiary/aromatic N) is 3. The van der Waals surface area contributed by atoms with E-state index in [2.05, 4.69) is 15.4 Å². The molecule has 3 rings (SSSR count). The van der Waals surface area contributed by atoms with E-state index in [1.807, 2.05) is 0 Å². The van der Waals surface area contributed by atoms with Crippen LogP contribution in [0.3, 0.4) is 0 Å². The summed E-state index contributed by atoms with van der Waals surface area (Å²) in [6.07, 6.45) is 2.54. The number of carbonyl (C=O) groups is 1. The van der Waals surface area contributed by atoms with Gasteiger partial charge in [0.05, 0.1) is 5.39 Å². The number of nitrogens with one attached hydrogen (secondary N) is 1. The van der Waals surface area contributed by atoms with Gasteiger partial charge >= 0.3 is 0 Å². The van der Waals surface area contributed by atoms with Gasteiger partial charge in [0.1, 0.15) is 5.69 Å². The summed E-state index contributed by atoms with van der Waals surface area (Å²) < 4.78 is 14.6. The number of halogens is 1. The van der Waals surface area contributed by atoms with Gasteiger partial charge in [-0.25, -0.2) is 4.68 Å². The van der Waals surface area contributed by atoms with Gasteiger partial charge in [0.2, 0.25) is 5.95 Å². The first-order valence-corrected chi connectivity index (χ1v) is 6.88. The summed E-state index contributed by atoms with van der Waals surface area (Å²) >= 11 is 0. The molecular weight excluding hydrogens is 259 g/mol. The second kappa shape index (κ2) is 5.28. The molecule has 2 aromatic heterocycles. The minimum absolute atomic E-state index is 0.0240. The number of hydrogen-bond donors (Lipinski definition) is 1. The van der Waals surface area contributed by atoms with E-state index in [0.29, 0.717) is 29.1 Å². The molecule has 0 bridgehead atoms. The zero-order valence-corrected chi connectivity index (χ0v) is 11.4. The van der Waals surface area contributed by atoms with Crippen molar-refractivity contribution >= 4 is 16.8 Å². The van der Waals surface area contributed by atoms with Crippen molar-refractivity contribution in [2.45, 2.75) is 19.3 Å². The number of ketones is 1. The van der Waals surface area contributed by atoms with Crippen LogP contribution < -0.4 is 5.32 Å². The van der Waals surface area contributed by atoms with Crippen LogP contribution in [0.2, 0.25) is 0 Å². The molecule has 1 aliphatic rings. The fraction of sp³-hybridized carbons (Fsp3) is 0.500. The zero-order chi connectivity index (χ0) is 14.1. The summed E-state index contributed by atoms with van der Waals surface area (Å²) in [5.41, 5.74) is 0.826. The standard InChI is InChI=1S/C14H17FN4O/c1-19-14-10(2-3-12(15)17-14)13(18-19)11(20)8-9-4-6-16-7-5-9/h2-3,9,16H,4-8H2,1H3. The number of pyridine rings is 1. The van der Waals surface area contributed by atoms with Crippen LogP contribution >= 0.6 is 0 Å². The minimum Gasteiger partial charge on any atom is -0.317 e. The van der Waals surface area contributed by atoms with Gasteiger partial charge in [0.25, 0.3) is 0 Å². The predicted molar refractivity (Wildman–Crippen MR) is 73.0 cm³/mol. The van der Waals surface area contributed by atoms with Crippen LogP contribution in [0.5, 0.6) is 0 Å². The van der Waals surface area contributed by atoms with E-state index in [0.717, 1.165) is 25.9 Å². The monoisotopic (exact) mass is 276 g/mol. The highest BCUT2D eigenvalue weighted by Gasteiger charge is 2.22. The molecule has 0 aliphatic carbocycles. The summed E-state index contributed by atoms with van der Waals surface area (Å²) in [4.78, 5) is 16.2. The van der Waals surface area contributed by atoms with Crippen molar-refractivity contribution in [1.82, 2.24) is 20.1 Å². The molecule has 0 unspecified atom stereocenters. The molecule has 0 aromatic carbocycles. The van der Waals surface area contributed by atoms with Gasteiger partial charge in [-0.05, 0) is 44.0 Å². The SMILES string of the molecule is Cn1nc(C(=O)CC2CCNCC2)c2ccc(F)nc21. The van der Waals surface area contributed by atoms with Crippen LogP contribution in [0.15, 0.2) is 12.1 Å². The number of hydrogen-bond acceptors (Lipinski definition) is 4. The van der Waals surface area contributed by atoms with E-state index in [1.165, 1.54) is 10.7 Å². The van der Waals surface area contributed by atoms with Gasteiger partial charge in [-0.1, -0.05) is 0 Å². The molecule has 6 heteroatoms. The molecule has 0 saturated carbocycles. The Balaban J connectivity index is 1.87. The van der Waals surface area contributed by atoms with Crippen molar-refractivity contribution < 1.29 is 9.18 Å². The summed E-state index contributed by atoms with van der Waals surface area (Å²) in [6, 6.07) is 2.85. The second-order valence-corrected chi connectivity index (χ2v) is 5.30. The van der Waals surface area contributed by atoms with Crippen LogP contribution in [0.4, 0.5) is 4.39 Å². The van der Waals surface area contributed by atoms with Gasteiger partial charge in [0, 0.05) is 13.5 Å². The molecule has 1 aliphatic heterocycles. The first-order valence-electron chi connectivity index (χ1n) is 6.88. The Hall–Kier alpha value is -1.82. The maximum Gasteiger partial charge on any atom is 0.214 e. The van der Waals surface area contributed by atoms with E-state index in [4.69, 9.17) is 0 Å². The van der Waals surface area contributed by atoms with Crippen molar-refractivity contribution in [3.8, 4) is 0 Å². The molecular formula is C14H17FN4O. The number of aromatic nitrogens is 3. The molecule has 0 radical (unpaired) electrons. The topological polar surface area (TPSA) is 59.8 Å². The van der Waals surface area contributed by atoms with Gasteiger partial charge in [-0.3, -0.25) is 4.79 Å². The fourth-order valence-electron chi connectivity index (χ4n) is 2.76. The highest BCUT2D eigenvalue weighted by atomic mass is 19.1. The maximum absolute atomic E-state index is 13.2. The molecule has 0 amide bonds. The molecule has 1 saturated heterocycles. The minimum atomic E-state index is -0.558. The van der Waals surface area contributed by atoms with Crippen molar-refractivity contribution in [1.29, 1.82) is 0 Å². The molecule has 0 atom stereocenters. The number of Topliss-reactive ketones (excluding diaryl/α,β-unsaturated/α-hetero) is 1. The van der Waals surface area contributed by atoms with Crippen LogP contribution in [0.25, 0.3) is 11.0 Å². The fourth-order valence-corrected chi connectivity index (χ4v) is 2.76. The predicted octanol–water partition coefficient (Wildman–Crippen LogP) is 1.68. The molecule has 2 aromatic rings. The summed E-state index contributed by atoms with van der Waals surface area (Å²) in [7, 11) is 1.68. The lowest BCUT2D eigenvalue weighted by atomic mass is 9.91. The van der Waals surface area contributed by atoms with Crippen LogP contribution in [-0.2, 0) is 7.05 Å². The Morgan fingerprint density at radius 1 is 1.45 bits per heavy atom. The van der Waals surface area contributed by atoms with E-state index in [-0.39, 0.29) is 5.78 Å². The summed E-state index contributed by atoms with van der Waals surface area (Å²) in [6.45, 7) is 1.93. The molecule has 1 N–H and O–H groups in total. The normalized spacial score (nSPS) is 16.7. The van der Waals surface area contributed by atoms with Crippen molar-refractivity contribution in [3.63, 3.8) is 0 Å². The zero-order valence-electron chi connectivity index (χ0n) is 11.4. The van der Waals surface area contributed by atoms with Crippen molar-refractivity contribution in [3.05, 3.63) is 23.8 Å². The number of fused-ring (bicyclic) bond motifs is 1. The summed E-state index contributed by atoms with van der Waals surface area (Å²) in [5, 5.41) is 8.14. The molecule has 3 heterocycles. The molecule has 1 fully saturated rings. The third-order valence-electron chi connectivity index (χ3n) is 3.85. The average molecular weight is 276 g/mol. The Morgan fingerprint density at radius 3 is 2.95 bits per heavy atom. The van der Waals surface area contributed by atoms with Crippen molar-refractivity contribution in [2.75, 3.05) is 13.1 Å². The van der Waals surface area contributed by atoms with Gasteiger partial charge < -0.3 is 5.32 Å². The number of piperidine rings is 1. The first-order chi connectivity index (χ1) is 9.65. The number of rotatable bonds is 3. The lowest BCUT2D eigenvalue weighted by Gasteiger charge is -2.21. The van der Waals surface area contributed by atoms with Gasteiger partial charge in [-0.15, -0.1) is 0 Å². The third kappa shape index (κ3) is 2.43. The highest BCUT2D eigenvalue weighted by Crippen LogP contribution is 2.22. The van der Waals surface area contributed by atoms with Crippen molar-refractivity contribution in [2.24, 2.45) is 13.0 Å². The first kappa shape index (κ1) is 13.2. The van der Waals surface area contributed by atoms with E-state index in [9.17, 15) is 9.18 Å². The Kier molecular flexibility index (Phi) is 3.48. The number of aryl methyl sites for hydroxylation is 1. The van der Waals surface area contributed by atoms with Crippen LogP contribution in [0.1, 0.15) is 29.8 Å². The Morgan fingerprint density at radius 2 is 2.20 bits per heavy atom. The Labute approximate surface area is 116 Å². The van der Waals surface area contributed by atoms with E-state index < -0.39 is 5.95 Å². The van der Waals surface area contributed by atoms with E-state index in [1.54, 1.807) is 13.1 Å². The lowest BCUT2D eigenvalue weighted by molar-refractivity contribution is 0.0948. The van der Waals surface area contributed by atoms with Gasteiger partial charge in [0.15, 0.2) is 11.4 Å². The smallest absolute Gasteiger partial charge is 0.214 e. The van der Waals surface area contributed by atoms with Gasteiger partial charge in [-0.2, -0.15) is 14.5 Å². The average Bonchev–Trinajstić information content (AvgIpc) is 2.77. The quantitative estimate of drug-likeness (QED) is 0.684. The molecule has 5 nitrogen and oxygen atoms in total. The Bertz CT molecular complexity index is 646.